The molecular weight excluding hydrogens is 328 g/mol. The van der Waals surface area contributed by atoms with Gasteiger partial charge >= 0.3 is 5.97 Å². The molecule has 142 valence electrons. The van der Waals surface area contributed by atoms with Crippen molar-refractivity contribution in [3.8, 4) is 5.75 Å². The van der Waals surface area contributed by atoms with Crippen LogP contribution in [0.4, 0.5) is 0 Å². The summed E-state index contributed by atoms with van der Waals surface area (Å²) in [4.78, 5) is 11.5. The van der Waals surface area contributed by atoms with E-state index in [2.05, 4.69) is 0 Å². The van der Waals surface area contributed by atoms with Gasteiger partial charge in [-0.25, -0.2) is 4.79 Å². The molecule has 0 bridgehead atoms. The molecule has 0 radical (unpaired) electrons. The van der Waals surface area contributed by atoms with Crippen molar-refractivity contribution in [2.75, 3.05) is 66.6 Å². The highest BCUT2D eigenvalue weighted by atomic mass is 16.6. The molecule has 0 aliphatic heterocycles. The van der Waals surface area contributed by atoms with Crippen molar-refractivity contribution in [2.45, 2.75) is 6.92 Å². The van der Waals surface area contributed by atoms with Gasteiger partial charge in [0.2, 0.25) is 0 Å². The van der Waals surface area contributed by atoms with E-state index in [9.17, 15) is 4.79 Å². The van der Waals surface area contributed by atoms with Crippen LogP contribution in [0.15, 0.2) is 24.3 Å². The van der Waals surface area contributed by atoms with Crippen LogP contribution in [0, 0.1) is 0 Å². The first-order valence-electron chi connectivity index (χ1n) is 8.40. The zero-order chi connectivity index (χ0) is 18.2. The Labute approximate surface area is 149 Å². The second-order valence-corrected chi connectivity index (χ2v) is 4.92. The number of benzene rings is 1. The van der Waals surface area contributed by atoms with Crippen molar-refractivity contribution in [3.63, 3.8) is 0 Å². The lowest BCUT2D eigenvalue weighted by atomic mass is 10.2. The van der Waals surface area contributed by atoms with Crippen LogP contribution in [0.5, 0.6) is 5.75 Å². The Morgan fingerprint density at radius 2 is 1.32 bits per heavy atom. The fraction of sp³-hybridized carbons (Fsp3) is 0.611. The zero-order valence-corrected chi connectivity index (χ0v) is 15.0. The van der Waals surface area contributed by atoms with Gasteiger partial charge in [-0.15, -0.1) is 0 Å². The van der Waals surface area contributed by atoms with Gasteiger partial charge in [0.25, 0.3) is 0 Å². The molecule has 0 spiro atoms. The topological polar surface area (TPSA) is 72.5 Å². The minimum Gasteiger partial charge on any atom is -0.491 e. The average Bonchev–Trinajstić information content (AvgIpc) is 2.63. The van der Waals surface area contributed by atoms with E-state index in [1.54, 1.807) is 38.3 Å². The summed E-state index contributed by atoms with van der Waals surface area (Å²) in [6.07, 6.45) is 0. The lowest BCUT2D eigenvalue weighted by molar-refractivity contribution is 0.000163. The van der Waals surface area contributed by atoms with Crippen LogP contribution in [0.25, 0.3) is 0 Å². The van der Waals surface area contributed by atoms with E-state index in [0.717, 1.165) is 0 Å². The Bertz CT molecular complexity index is 447. The lowest BCUT2D eigenvalue weighted by Crippen LogP contribution is -2.13. The van der Waals surface area contributed by atoms with E-state index < -0.39 is 0 Å². The molecule has 25 heavy (non-hydrogen) atoms. The minimum atomic E-state index is -0.332. The van der Waals surface area contributed by atoms with Crippen molar-refractivity contribution in [1.29, 1.82) is 0 Å². The van der Waals surface area contributed by atoms with Crippen LogP contribution in [-0.2, 0) is 23.7 Å². The van der Waals surface area contributed by atoms with Crippen molar-refractivity contribution in [2.24, 2.45) is 0 Å². The van der Waals surface area contributed by atoms with Crippen LogP contribution in [0.1, 0.15) is 17.3 Å². The van der Waals surface area contributed by atoms with Gasteiger partial charge in [-0.3, -0.25) is 0 Å². The fourth-order valence-corrected chi connectivity index (χ4v) is 1.80. The molecule has 7 nitrogen and oxygen atoms in total. The molecule has 7 heteroatoms. The Hall–Kier alpha value is -1.67. The van der Waals surface area contributed by atoms with Gasteiger partial charge in [0.05, 0.1) is 58.4 Å². The van der Waals surface area contributed by atoms with Crippen LogP contribution >= 0.6 is 0 Å². The molecular formula is C18H28O7. The highest BCUT2D eigenvalue weighted by Gasteiger charge is 2.05. The van der Waals surface area contributed by atoms with Crippen LogP contribution in [0.2, 0.25) is 0 Å². The number of hydrogen-bond acceptors (Lipinski definition) is 7. The van der Waals surface area contributed by atoms with E-state index in [1.807, 2.05) is 0 Å². The van der Waals surface area contributed by atoms with Gasteiger partial charge in [0, 0.05) is 7.11 Å². The summed E-state index contributed by atoms with van der Waals surface area (Å²) < 4.78 is 31.4. The third-order valence-corrected chi connectivity index (χ3v) is 3.04. The monoisotopic (exact) mass is 356 g/mol. The molecule has 0 unspecified atom stereocenters. The number of hydrogen-bond donors (Lipinski definition) is 0. The molecule has 0 saturated heterocycles. The Morgan fingerprint density at radius 1 is 0.800 bits per heavy atom. The third kappa shape index (κ3) is 10.7. The number of rotatable bonds is 15. The molecule has 0 aliphatic carbocycles. The Balaban J connectivity index is 1.97. The number of esters is 1. The highest BCUT2D eigenvalue weighted by Crippen LogP contribution is 2.12. The average molecular weight is 356 g/mol. The standard InChI is InChI=1S/C18H28O7/c1-3-24-18(19)16-4-6-17(7-5-16)25-15-14-23-13-12-22-11-10-21-9-8-20-2/h4-7H,3,8-15H2,1-2H3. The molecule has 0 fully saturated rings. The molecule has 1 rings (SSSR count). The van der Waals surface area contributed by atoms with Gasteiger partial charge in [0.1, 0.15) is 12.4 Å². The molecule has 0 amide bonds. The van der Waals surface area contributed by atoms with E-state index in [-0.39, 0.29) is 5.97 Å². The summed E-state index contributed by atoms with van der Waals surface area (Å²) in [7, 11) is 1.64. The summed E-state index contributed by atoms with van der Waals surface area (Å²) in [5, 5.41) is 0. The highest BCUT2D eigenvalue weighted by molar-refractivity contribution is 5.89. The molecule has 1 aromatic rings. The summed E-state index contributed by atoms with van der Waals surface area (Å²) in [5.41, 5.74) is 0.508. The van der Waals surface area contributed by atoms with E-state index in [1.165, 1.54) is 0 Å². The summed E-state index contributed by atoms with van der Waals surface area (Å²) >= 11 is 0. The van der Waals surface area contributed by atoms with Gasteiger partial charge in [0.15, 0.2) is 0 Å². The molecule has 0 atom stereocenters. The smallest absolute Gasteiger partial charge is 0.338 e. The van der Waals surface area contributed by atoms with E-state index in [4.69, 9.17) is 28.4 Å². The largest absolute Gasteiger partial charge is 0.491 e. The SMILES string of the molecule is CCOC(=O)c1ccc(OCCOCCOCCOCCOC)cc1. The fourth-order valence-electron chi connectivity index (χ4n) is 1.80. The lowest BCUT2D eigenvalue weighted by Gasteiger charge is -2.08. The number of methoxy groups -OCH3 is 1. The van der Waals surface area contributed by atoms with E-state index in [0.29, 0.717) is 70.8 Å². The van der Waals surface area contributed by atoms with Crippen molar-refractivity contribution < 1.29 is 33.2 Å². The van der Waals surface area contributed by atoms with Gasteiger partial charge in [-0.05, 0) is 31.2 Å². The summed E-state index contributed by atoms with van der Waals surface area (Å²) in [6, 6.07) is 6.82. The number of ether oxygens (including phenoxy) is 6. The summed E-state index contributed by atoms with van der Waals surface area (Å²) in [6.45, 7) is 6.31. The molecule has 0 aliphatic rings. The zero-order valence-electron chi connectivity index (χ0n) is 15.0. The maximum absolute atomic E-state index is 11.5. The van der Waals surface area contributed by atoms with Gasteiger partial charge in [-0.1, -0.05) is 0 Å². The predicted molar refractivity (Wildman–Crippen MR) is 92.2 cm³/mol. The summed E-state index contributed by atoms with van der Waals surface area (Å²) in [5.74, 6) is 0.350. The van der Waals surface area contributed by atoms with Crippen LogP contribution in [-0.4, -0.2) is 72.5 Å². The van der Waals surface area contributed by atoms with Gasteiger partial charge in [-0.2, -0.15) is 0 Å². The van der Waals surface area contributed by atoms with Crippen molar-refractivity contribution in [1.82, 2.24) is 0 Å². The number of carbonyl (C=O) groups excluding carboxylic acids is 1. The van der Waals surface area contributed by atoms with Crippen LogP contribution in [0.3, 0.4) is 0 Å². The maximum atomic E-state index is 11.5. The third-order valence-electron chi connectivity index (χ3n) is 3.04. The number of carbonyl (C=O) groups is 1. The van der Waals surface area contributed by atoms with Crippen molar-refractivity contribution in [3.05, 3.63) is 29.8 Å². The van der Waals surface area contributed by atoms with Gasteiger partial charge < -0.3 is 28.4 Å². The predicted octanol–water partition coefficient (Wildman–Crippen LogP) is 1.94. The Morgan fingerprint density at radius 3 is 1.84 bits per heavy atom. The molecule has 0 aromatic heterocycles. The van der Waals surface area contributed by atoms with Crippen molar-refractivity contribution >= 4 is 5.97 Å². The normalized spacial score (nSPS) is 10.6. The second kappa shape index (κ2) is 14.7. The van der Waals surface area contributed by atoms with Crippen LogP contribution < -0.4 is 4.74 Å². The molecule has 0 heterocycles. The minimum absolute atomic E-state index is 0.332. The quantitative estimate of drug-likeness (QED) is 0.351. The first-order valence-corrected chi connectivity index (χ1v) is 8.40. The molecule has 0 N–H and O–H groups in total. The first-order chi connectivity index (χ1) is 12.3. The molecule has 0 saturated carbocycles. The Kier molecular flexibility index (Phi) is 12.5. The van der Waals surface area contributed by atoms with E-state index >= 15 is 0 Å². The first kappa shape index (κ1) is 21.4. The molecule has 1 aromatic carbocycles. The second-order valence-electron chi connectivity index (χ2n) is 4.92. The maximum Gasteiger partial charge on any atom is 0.338 e.